The Labute approximate surface area is 158 Å². The first kappa shape index (κ1) is 17.7. The molecule has 3 aromatic rings. The summed E-state index contributed by atoms with van der Waals surface area (Å²) in [5, 5.41) is 4.56. The maximum absolute atomic E-state index is 6.21. The molecule has 3 rings (SSSR count). The van der Waals surface area contributed by atoms with Crippen molar-refractivity contribution in [2.24, 2.45) is 0 Å². The average molecular weight is 372 g/mol. The number of hydrogen-bond donors (Lipinski definition) is 1. The molecule has 0 atom stereocenters. The quantitative estimate of drug-likeness (QED) is 0.534. The minimum Gasteiger partial charge on any atom is -0.489 e. The van der Waals surface area contributed by atoms with Crippen molar-refractivity contribution in [2.45, 2.75) is 20.1 Å². The third kappa shape index (κ3) is 4.91. The molecule has 25 heavy (non-hydrogen) atoms. The van der Waals surface area contributed by atoms with Crippen molar-refractivity contribution < 1.29 is 4.74 Å². The van der Waals surface area contributed by atoms with E-state index in [1.807, 2.05) is 42.5 Å². The zero-order valence-electron chi connectivity index (χ0n) is 13.9. The Hall–Kier alpha value is -2.16. The SMILES string of the molecule is Cc1cccc(COc2ccccc2CNc2ccc(Cl)cc2Cl)c1. The summed E-state index contributed by atoms with van der Waals surface area (Å²) in [5.41, 5.74) is 4.30. The summed E-state index contributed by atoms with van der Waals surface area (Å²) in [6, 6.07) is 21.8. The number of halogens is 2. The van der Waals surface area contributed by atoms with Crippen LogP contribution in [0.2, 0.25) is 10.0 Å². The van der Waals surface area contributed by atoms with Crippen LogP contribution in [0.4, 0.5) is 5.69 Å². The summed E-state index contributed by atoms with van der Waals surface area (Å²) in [7, 11) is 0. The van der Waals surface area contributed by atoms with E-state index in [0.717, 1.165) is 22.6 Å². The average Bonchev–Trinajstić information content (AvgIpc) is 2.60. The van der Waals surface area contributed by atoms with Crippen molar-refractivity contribution in [3.63, 3.8) is 0 Å². The fourth-order valence-electron chi connectivity index (χ4n) is 2.58. The van der Waals surface area contributed by atoms with Crippen molar-refractivity contribution in [3.8, 4) is 5.75 Å². The number of anilines is 1. The number of nitrogens with one attached hydrogen (secondary N) is 1. The first-order valence-electron chi connectivity index (χ1n) is 8.07. The molecule has 0 amide bonds. The van der Waals surface area contributed by atoms with E-state index in [0.29, 0.717) is 23.2 Å². The van der Waals surface area contributed by atoms with Crippen LogP contribution in [-0.2, 0) is 13.2 Å². The third-order valence-corrected chi connectivity index (χ3v) is 4.40. The summed E-state index contributed by atoms with van der Waals surface area (Å²) >= 11 is 12.2. The van der Waals surface area contributed by atoms with Crippen LogP contribution in [0, 0.1) is 6.92 Å². The number of aryl methyl sites for hydroxylation is 1. The lowest BCUT2D eigenvalue weighted by molar-refractivity contribution is 0.303. The Morgan fingerprint density at radius 3 is 2.56 bits per heavy atom. The maximum atomic E-state index is 6.21. The van der Waals surface area contributed by atoms with E-state index in [2.05, 4.69) is 30.4 Å². The largest absolute Gasteiger partial charge is 0.489 e. The zero-order chi connectivity index (χ0) is 17.6. The van der Waals surface area contributed by atoms with Crippen LogP contribution in [0.3, 0.4) is 0 Å². The summed E-state index contributed by atoms with van der Waals surface area (Å²) in [6.45, 7) is 3.24. The Morgan fingerprint density at radius 1 is 0.920 bits per heavy atom. The molecule has 0 aliphatic carbocycles. The van der Waals surface area contributed by atoms with Crippen LogP contribution in [-0.4, -0.2) is 0 Å². The lowest BCUT2D eigenvalue weighted by atomic mass is 10.1. The highest BCUT2D eigenvalue weighted by Crippen LogP contribution is 2.27. The molecule has 0 aromatic heterocycles. The number of ether oxygens (including phenoxy) is 1. The van der Waals surface area contributed by atoms with E-state index in [-0.39, 0.29) is 0 Å². The number of rotatable bonds is 6. The topological polar surface area (TPSA) is 21.3 Å². The van der Waals surface area contributed by atoms with Crippen molar-refractivity contribution in [2.75, 3.05) is 5.32 Å². The van der Waals surface area contributed by atoms with Crippen LogP contribution in [0.1, 0.15) is 16.7 Å². The molecule has 1 N–H and O–H groups in total. The Balaban J connectivity index is 1.68. The second-order valence-corrected chi connectivity index (χ2v) is 6.71. The molecule has 0 fully saturated rings. The fraction of sp³-hybridized carbons (Fsp3) is 0.143. The molecule has 128 valence electrons. The van der Waals surface area contributed by atoms with Crippen LogP contribution >= 0.6 is 23.2 Å². The van der Waals surface area contributed by atoms with E-state index in [4.69, 9.17) is 27.9 Å². The van der Waals surface area contributed by atoms with Gasteiger partial charge in [-0.25, -0.2) is 0 Å². The van der Waals surface area contributed by atoms with Gasteiger partial charge in [-0.15, -0.1) is 0 Å². The third-order valence-electron chi connectivity index (χ3n) is 3.85. The smallest absolute Gasteiger partial charge is 0.124 e. The molecule has 0 aliphatic rings. The van der Waals surface area contributed by atoms with Gasteiger partial charge in [-0.3, -0.25) is 0 Å². The summed E-state index contributed by atoms with van der Waals surface area (Å²) in [4.78, 5) is 0. The first-order chi connectivity index (χ1) is 12.1. The summed E-state index contributed by atoms with van der Waals surface area (Å²) in [5.74, 6) is 0.863. The zero-order valence-corrected chi connectivity index (χ0v) is 15.4. The molecule has 0 aliphatic heterocycles. The molecule has 0 unspecified atom stereocenters. The lowest BCUT2D eigenvalue weighted by Crippen LogP contribution is -2.04. The molecule has 0 spiro atoms. The number of hydrogen-bond acceptors (Lipinski definition) is 2. The van der Waals surface area contributed by atoms with Crippen LogP contribution in [0.25, 0.3) is 0 Å². The van der Waals surface area contributed by atoms with Crippen LogP contribution < -0.4 is 10.1 Å². The van der Waals surface area contributed by atoms with Gasteiger partial charge in [-0.2, -0.15) is 0 Å². The Morgan fingerprint density at radius 2 is 1.76 bits per heavy atom. The van der Waals surface area contributed by atoms with Gasteiger partial charge in [0, 0.05) is 17.1 Å². The molecule has 0 saturated heterocycles. The van der Waals surface area contributed by atoms with Crippen molar-refractivity contribution in [1.29, 1.82) is 0 Å². The normalized spacial score (nSPS) is 10.5. The second-order valence-electron chi connectivity index (χ2n) is 5.86. The van der Waals surface area contributed by atoms with Gasteiger partial charge < -0.3 is 10.1 Å². The molecule has 0 heterocycles. The van der Waals surface area contributed by atoms with Gasteiger partial charge in [0.1, 0.15) is 12.4 Å². The van der Waals surface area contributed by atoms with Gasteiger partial charge in [0.15, 0.2) is 0 Å². The fourth-order valence-corrected chi connectivity index (χ4v) is 3.05. The predicted octanol–water partition coefficient (Wildman–Crippen LogP) is 6.49. The molecule has 0 bridgehead atoms. The molecule has 2 nitrogen and oxygen atoms in total. The highest BCUT2D eigenvalue weighted by atomic mass is 35.5. The van der Waals surface area contributed by atoms with Gasteiger partial charge >= 0.3 is 0 Å². The van der Waals surface area contributed by atoms with Gasteiger partial charge in [-0.1, -0.05) is 71.2 Å². The molecule has 0 saturated carbocycles. The monoisotopic (exact) mass is 371 g/mol. The molecule has 4 heteroatoms. The second kappa shape index (κ2) is 8.28. The van der Waals surface area contributed by atoms with Gasteiger partial charge in [0.05, 0.1) is 10.7 Å². The standard InChI is InChI=1S/C21H19Cl2NO/c1-15-5-4-6-16(11-15)14-25-21-8-3-2-7-17(21)13-24-20-10-9-18(22)12-19(20)23/h2-12,24H,13-14H2,1H3. The molecular formula is C21H19Cl2NO. The summed E-state index contributed by atoms with van der Waals surface area (Å²) in [6.07, 6.45) is 0. The van der Waals surface area contributed by atoms with E-state index in [9.17, 15) is 0 Å². The van der Waals surface area contributed by atoms with Crippen LogP contribution in [0.5, 0.6) is 5.75 Å². The minimum absolute atomic E-state index is 0.542. The van der Waals surface area contributed by atoms with Gasteiger partial charge in [0.2, 0.25) is 0 Å². The molecule has 3 aromatic carbocycles. The van der Waals surface area contributed by atoms with E-state index < -0.39 is 0 Å². The minimum atomic E-state index is 0.542. The Bertz CT molecular complexity index is 864. The lowest BCUT2D eigenvalue weighted by Gasteiger charge is -2.14. The maximum Gasteiger partial charge on any atom is 0.124 e. The number of benzene rings is 3. The molecule has 0 radical (unpaired) electrons. The highest BCUT2D eigenvalue weighted by molar-refractivity contribution is 6.36. The van der Waals surface area contributed by atoms with Crippen LogP contribution in [0.15, 0.2) is 66.7 Å². The predicted molar refractivity (Wildman–Crippen MR) is 106 cm³/mol. The van der Waals surface area contributed by atoms with Crippen molar-refractivity contribution in [3.05, 3.63) is 93.5 Å². The molecular weight excluding hydrogens is 353 g/mol. The first-order valence-corrected chi connectivity index (χ1v) is 8.82. The van der Waals surface area contributed by atoms with E-state index in [1.165, 1.54) is 5.56 Å². The van der Waals surface area contributed by atoms with E-state index >= 15 is 0 Å². The summed E-state index contributed by atoms with van der Waals surface area (Å²) < 4.78 is 6.02. The van der Waals surface area contributed by atoms with Crippen molar-refractivity contribution in [1.82, 2.24) is 0 Å². The highest BCUT2D eigenvalue weighted by Gasteiger charge is 2.06. The van der Waals surface area contributed by atoms with Gasteiger partial charge in [0.25, 0.3) is 0 Å². The van der Waals surface area contributed by atoms with E-state index in [1.54, 1.807) is 6.07 Å². The number of para-hydroxylation sites is 1. The van der Waals surface area contributed by atoms with Gasteiger partial charge in [-0.05, 0) is 36.8 Å². The van der Waals surface area contributed by atoms with Crippen molar-refractivity contribution >= 4 is 28.9 Å². The Kier molecular flexibility index (Phi) is 5.85.